The minimum atomic E-state index is -0.520. The molecule has 0 spiro atoms. The molecule has 1 aliphatic carbocycles. The zero-order valence-corrected chi connectivity index (χ0v) is 22.1. The standard InChI is InChI=1S/C31H34N4O4/c36-28-17-34(12-11-33-15-19-5-6-20(16-33)8-7-19)31(37)25-14-23-22-3-1-2-4-24(22)32-29(23)30(35(25)28)21-9-10-26-27(13-21)39-18-38-26/h1-4,9-10,13,19-20,25,30,32H,5-8,11-12,14-18H2/t19?,20?,25-,30-/m1/s1. The first-order chi connectivity index (χ1) is 19.1. The van der Waals surface area contributed by atoms with Gasteiger partial charge in [0.2, 0.25) is 18.6 Å². The van der Waals surface area contributed by atoms with E-state index in [4.69, 9.17) is 9.47 Å². The number of aromatic nitrogens is 1. The number of fused-ring (bicyclic) bond motifs is 9. The van der Waals surface area contributed by atoms with E-state index in [9.17, 15) is 9.59 Å². The molecule has 2 amide bonds. The number of para-hydroxylation sites is 1. The molecule has 8 heteroatoms. The molecule has 8 nitrogen and oxygen atoms in total. The van der Waals surface area contributed by atoms with Crippen molar-refractivity contribution in [1.82, 2.24) is 19.7 Å². The molecule has 6 heterocycles. The molecule has 9 rings (SSSR count). The van der Waals surface area contributed by atoms with Crippen LogP contribution in [0.25, 0.3) is 10.9 Å². The van der Waals surface area contributed by atoms with Gasteiger partial charge in [0.05, 0.1) is 12.6 Å². The quantitative estimate of drug-likeness (QED) is 0.561. The van der Waals surface area contributed by atoms with Gasteiger partial charge in [0.25, 0.3) is 0 Å². The van der Waals surface area contributed by atoms with Crippen LogP contribution in [0.1, 0.15) is 48.5 Å². The number of nitrogens with zero attached hydrogens (tertiary/aromatic N) is 3. The van der Waals surface area contributed by atoms with Crippen molar-refractivity contribution in [2.45, 2.75) is 44.2 Å². The maximum atomic E-state index is 14.1. The Balaban J connectivity index is 1.12. The predicted molar refractivity (Wildman–Crippen MR) is 146 cm³/mol. The Labute approximate surface area is 227 Å². The lowest BCUT2D eigenvalue weighted by Crippen LogP contribution is -2.63. The number of hydrogen-bond donors (Lipinski definition) is 1. The molecule has 5 aliphatic heterocycles. The van der Waals surface area contributed by atoms with Crippen LogP contribution in [0.5, 0.6) is 11.5 Å². The number of piperazine rings is 1. The lowest BCUT2D eigenvalue weighted by Gasteiger charge is -2.47. The number of aromatic amines is 1. The number of carbonyl (C=O) groups excluding carboxylic acids is 2. The summed E-state index contributed by atoms with van der Waals surface area (Å²) in [5, 5.41) is 1.12. The van der Waals surface area contributed by atoms with Gasteiger partial charge >= 0.3 is 0 Å². The summed E-state index contributed by atoms with van der Waals surface area (Å²) in [7, 11) is 0. The van der Waals surface area contributed by atoms with Crippen molar-refractivity contribution in [2.24, 2.45) is 11.8 Å². The second kappa shape index (κ2) is 9.01. The number of ether oxygens (including phenoxy) is 2. The van der Waals surface area contributed by atoms with Crippen molar-refractivity contribution in [3.8, 4) is 11.5 Å². The molecule has 1 saturated carbocycles. The highest BCUT2D eigenvalue weighted by molar-refractivity contribution is 5.97. The third-order valence-electron chi connectivity index (χ3n) is 9.74. The van der Waals surface area contributed by atoms with Crippen molar-refractivity contribution in [2.75, 3.05) is 39.5 Å². The van der Waals surface area contributed by atoms with Crippen LogP contribution in [0.2, 0.25) is 0 Å². The predicted octanol–water partition coefficient (Wildman–Crippen LogP) is 3.70. The first-order valence-electron chi connectivity index (χ1n) is 14.4. The Kier molecular flexibility index (Phi) is 5.40. The van der Waals surface area contributed by atoms with Crippen LogP contribution in [-0.2, 0) is 16.0 Å². The number of amides is 2. The number of nitrogens with one attached hydrogen (secondary N) is 1. The Morgan fingerprint density at radius 2 is 1.67 bits per heavy atom. The van der Waals surface area contributed by atoms with E-state index in [0.717, 1.165) is 59.2 Å². The lowest BCUT2D eigenvalue weighted by molar-refractivity contribution is -0.158. The normalized spacial score (nSPS) is 28.1. The largest absolute Gasteiger partial charge is 0.454 e. The summed E-state index contributed by atoms with van der Waals surface area (Å²) in [4.78, 5) is 37.8. The van der Waals surface area contributed by atoms with Gasteiger partial charge in [0.15, 0.2) is 11.5 Å². The number of hydrogen-bond acceptors (Lipinski definition) is 5. The molecule has 6 aliphatic rings. The third-order valence-corrected chi connectivity index (χ3v) is 9.74. The fourth-order valence-electron chi connectivity index (χ4n) is 7.79. The summed E-state index contributed by atoms with van der Waals surface area (Å²) < 4.78 is 11.2. The van der Waals surface area contributed by atoms with Gasteiger partial charge in [-0.05, 0) is 66.8 Å². The van der Waals surface area contributed by atoms with Crippen LogP contribution in [0.3, 0.4) is 0 Å². The van der Waals surface area contributed by atoms with E-state index in [-0.39, 0.29) is 31.2 Å². The van der Waals surface area contributed by atoms with Crippen molar-refractivity contribution in [3.05, 3.63) is 59.3 Å². The summed E-state index contributed by atoms with van der Waals surface area (Å²) in [5.41, 5.74) is 4.06. The lowest BCUT2D eigenvalue weighted by atomic mass is 9.84. The van der Waals surface area contributed by atoms with Crippen LogP contribution < -0.4 is 9.47 Å². The molecule has 202 valence electrons. The summed E-state index contributed by atoms with van der Waals surface area (Å²) in [6.07, 6.45) is 5.89. The molecule has 3 aromatic rings. The monoisotopic (exact) mass is 526 g/mol. The molecule has 0 unspecified atom stereocenters. The van der Waals surface area contributed by atoms with E-state index < -0.39 is 6.04 Å². The molecule has 2 aromatic carbocycles. The van der Waals surface area contributed by atoms with Gasteiger partial charge < -0.3 is 29.2 Å². The van der Waals surface area contributed by atoms with E-state index in [1.165, 1.54) is 25.7 Å². The van der Waals surface area contributed by atoms with E-state index in [1.807, 2.05) is 40.1 Å². The Morgan fingerprint density at radius 3 is 2.49 bits per heavy atom. The van der Waals surface area contributed by atoms with Gasteiger partial charge in [-0.2, -0.15) is 0 Å². The molecule has 1 aromatic heterocycles. The molecule has 4 fully saturated rings. The molecule has 2 atom stereocenters. The van der Waals surface area contributed by atoms with Crippen LogP contribution in [-0.4, -0.2) is 77.1 Å². The summed E-state index contributed by atoms with van der Waals surface area (Å²) in [6, 6.07) is 13.2. The maximum Gasteiger partial charge on any atom is 0.246 e. The topological polar surface area (TPSA) is 78.1 Å². The SMILES string of the molecule is O=C1[C@H]2Cc3c([nH]c4ccccc34)[C@@H](c3ccc4c(c3)OCO4)N2C(=O)CN1CCN1CC2CCC(CC2)C1. The van der Waals surface area contributed by atoms with Crippen LogP contribution >= 0.6 is 0 Å². The van der Waals surface area contributed by atoms with Gasteiger partial charge in [0, 0.05) is 49.2 Å². The van der Waals surface area contributed by atoms with Gasteiger partial charge in [-0.25, -0.2) is 0 Å². The fraction of sp³-hybridized carbons (Fsp3) is 0.484. The molecule has 3 saturated heterocycles. The minimum Gasteiger partial charge on any atom is -0.454 e. The highest BCUT2D eigenvalue weighted by Gasteiger charge is 2.48. The second-order valence-electron chi connectivity index (χ2n) is 12.0. The van der Waals surface area contributed by atoms with Gasteiger partial charge in [0.1, 0.15) is 6.04 Å². The Bertz CT molecular complexity index is 1440. The Hall–Kier alpha value is -3.52. The minimum absolute atomic E-state index is 0.00232. The van der Waals surface area contributed by atoms with Crippen LogP contribution in [0.4, 0.5) is 0 Å². The van der Waals surface area contributed by atoms with Crippen molar-refractivity contribution >= 4 is 22.7 Å². The number of H-pyrrole nitrogens is 1. The van der Waals surface area contributed by atoms with E-state index in [0.29, 0.717) is 24.5 Å². The highest BCUT2D eigenvalue weighted by Crippen LogP contribution is 2.45. The summed E-state index contributed by atoms with van der Waals surface area (Å²) in [6.45, 7) is 4.05. The van der Waals surface area contributed by atoms with E-state index >= 15 is 0 Å². The number of carbonyl (C=O) groups is 2. The highest BCUT2D eigenvalue weighted by atomic mass is 16.7. The number of rotatable bonds is 4. The average Bonchev–Trinajstić information content (AvgIpc) is 3.46. The molecule has 0 radical (unpaired) electrons. The zero-order chi connectivity index (χ0) is 26.1. The molecule has 1 N–H and O–H groups in total. The average molecular weight is 527 g/mol. The third kappa shape index (κ3) is 3.83. The second-order valence-corrected chi connectivity index (χ2v) is 12.0. The van der Waals surface area contributed by atoms with Gasteiger partial charge in [-0.15, -0.1) is 0 Å². The smallest absolute Gasteiger partial charge is 0.246 e. The van der Waals surface area contributed by atoms with Gasteiger partial charge in [-0.1, -0.05) is 24.3 Å². The fourth-order valence-corrected chi connectivity index (χ4v) is 7.79. The van der Waals surface area contributed by atoms with Crippen LogP contribution in [0, 0.1) is 11.8 Å². The van der Waals surface area contributed by atoms with Gasteiger partial charge in [-0.3, -0.25) is 9.59 Å². The van der Waals surface area contributed by atoms with E-state index in [2.05, 4.69) is 22.0 Å². The van der Waals surface area contributed by atoms with E-state index in [1.54, 1.807) is 0 Å². The molecule has 39 heavy (non-hydrogen) atoms. The Morgan fingerprint density at radius 1 is 0.897 bits per heavy atom. The zero-order valence-electron chi connectivity index (χ0n) is 22.1. The number of benzene rings is 2. The first kappa shape index (κ1) is 23.4. The summed E-state index contributed by atoms with van der Waals surface area (Å²) in [5.74, 6) is 3.03. The van der Waals surface area contributed by atoms with Crippen molar-refractivity contribution in [1.29, 1.82) is 0 Å². The molecular formula is C31H34N4O4. The molecular weight excluding hydrogens is 492 g/mol. The van der Waals surface area contributed by atoms with Crippen molar-refractivity contribution < 1.29 is 19.1 Å². The first-order valence-corrected chi connectivity index (χ1v) is 14.4. The summed E-state index contributed by atoms with van der Waals surface area (Å²) >= 11 is 0. The van der Waals surface area contributed by atoms with Crippen molar-refractivity contribution in [3.63, 3.8) is 0 Å². The van der Waals surface area contributed by atoms with Crippen LogP contribution in [0.15, 0.2) is 42.5 Å². The molecule has 2 bridgehead atoms. The maximum absolute atomic E-state index is 14.1.